The van der Waals surface area contributed by atoms with Crippen LogP contribution in [-0.2, 0) is 15.4 Å². The van der Waals surface area contributed by atoms with Gasteiger partial charge in [-0.3, -0.25) is 4.99 Å². The highest BCUT2D eigenvalue weighted by Crippen LogP contribution is 2.47. The van der Waals surface area contributed by atoms with Crippen LogP contribution in [0.1, 0.15) is 32.3 Å². The zero-order chi connectivity index (χ0) is 18.7. The van der Waals surface area contributed by atoms with Crippen molar-refractivity contribution in [1.82, 2.24) is 15.4 Å². The summed E-state index contributed by atoms with van der Waals surface area (Å²) in [7, 11) is -1.63. The van der Waals surface area contributed by atoms with Crippen LogP contribution in [0.15, 0.2) is 29.3 Å². The molecule has 0 radical (unpaired) electrons. The van der Waals surface area contributed by atoms with Gasteiger partial charge in [0.05, 0.1) is 6.26 Å². The zero-order valence-electron chi connectivity index (χ0n) is 15.6. The van der Waals surface area contributed by atoms with E-state index in [2.05, 4.69) is 20.3 Å². The van der Waals surface area contributed by atoms with Crippen LogP contribution in [0.3, 0.4) is 0 Å². The van der Waals surface area contributed by atoms with Gasteiger partial charge in [0.2, 0.25) is 10.0 Å². The Morgan fingerprint density at radius 2 is 1.96 bits per heavy atom. The minimum absolute atomic E-state index is 0. The van der Waals surface area contributed by atoms with Crippen molar-refractivity contribution in [1.29, 1.82) is 0 Å². The van der Waals surface area contributed by atoms with Crippen LogP contribution in [-0.4, -0.2) is 46.3 Å². The van der Waals surface area contributed by atoms with Crippen LogP contribution in [0.25, 0.3) is 0 Å². The third-order valence-electron chi connectivity index (χ3n) is 4.27. The normalized spacial score (nSPS) is 16.6. The number of halogens is 2. The van der Waals surface area contributed by atoms with E-state index < -0.39 is 15.6 Å². The van der Waals surface area contributed by atoms with Gasteiger partial charge in [-0.25, -0.2) is 17.5 Å². The fourth-order valence-corrected chi connectivity index (χ4v) is 3.93. The number of sulfonamides is 1. The largest absolute Gasteiger partial charge is 0.356 e. The van der Waals surface area contributed by atoms with Crippen LogP contribution in [0.5, 0.6) is 0 Å². The molecule has 0 heterocycles. The molecule has 1 saturated carbocycles. The van der Waals surface area contributed by atoms with Gasteiger partial charge in [0.1, 0.15) is 5.82 Å². The van der Waals surface area contributed by atoms with Crippen molar-refractivity contribution in [3.05, 3.63) is 35.6 Å². The van der Waals surface area contributed by atoms with Gasteiger partial charge in [-0.1, -0.05) is 12.1 Å². The Bertz CT molecular complexity index is 749. The van der Waals surface area contributed by atoms with E-state index in [1.807, 2.05) is 6.07 Å². The molecule has 1 aromatic rings. The maximum absolute atomic E-state index is 13.5. The minimum Gasteiger partial charge on any atom is -0.356 e. The average Bonchev–Trinajstić information content (AvgIpc) is 3.26. The van der Waals surface area contributed by atoms with Crippen molar-refractivity contribution in [2.24, 2.45) is 4.99 Å². The molecule has 0 bridgehead atoms. The van der Waals surface area contributed by atoms with Gasteiger partial charge < -0.3 is 10.6 Å². The van der Waals surface area contributed by atoms with E-state index >= 15 is 0 Å². The van der Waals surface area contributed by atoms with Crippen molar-refractivity contribution < 1.29 is 12.8 Å². The number of guanidine groups is 1. The maximum atomic E-state index is 13.5. The predicted octanol–water partition coefficient (Wildman–Crippen LogP) is 1.97. The molecular formula is C17H28FIN4O2S. The number of benzene rings is 1. The first-order chi connectivity index (χ1) is 11.6. The average molecular weight is 498 g/mol. The molecule has 1 aromatic carbocycles. The molecule has 0 aromatic heterocycles. The summed E-state index contributed by atoms with van der Waals surface area (Å²) in [6.45, 7) is 4.62. The molecule has 26 heavy (non-hydrogen) atoms. The summed E-state index contributed by atoms with van der Waals surface area (Å²) in [5.41, 5.74) is 0.292. The van der Waals surface area contributed by atoms with Gasteiger partial charge in [-0.05, 0) is 44.4 Å². The molecule has 0 saturated heterocycles. The van der Waals surface area contributed by atoms with Crippen LogP contribution in [0.4, 0.5) is 4.39 Å². The number of nitrogens with zero attached hydrogens (tertiary/aromatic N) is 1. The first-order valence-corrected chi connectivity index (χ1v) is 10.1. The number of hydrogen-bond acceptors (Lipinski definition) is 3. The molecule has 0 aliphatic heterocycles. The Labute approximate surface area is 172 Å². The Kier molecular flexibility index (Phi) is 7.85. The lowest BCUT2D eigenvalue weighted by molar-refractivity contribution is 0.446. The molecule has 1 aliphatic rings. The molecule has 0 amide bonds. The fraction of sp³-hybridized carbons (Fsp3) is 0.588. The summed E-state index contributed by atoms with van der Waals surface area (Å²) in [6, 6.07) is 6.72. The second-order valence-corrected chi connectivity index (χ2v) is 9.08. The molecule has 1 aliphatic carbocycles. The maximum Gasteiger partial charge on any atom is 0.209 e. The Hall–Kier alpha value is -0.940. The summed E-state index contributed by atoms with van der Waals surface area (Å²) in [5, 5.41) is 6.40. The summed E-state index contributed by atoms with van der Waals surface area (Å²) in [4.78, 5) is 4.17. The summed E-state index contributed by atoms with van der Waals surface area (Å²) >= 11 is 0. The van der Waals surface area contributed by atoms with Crippen molar-refractivity contribution in [2.45, 2.75) is 37.6 Å². The molecule has 2 rings (SSSR count). The quantitative estimate of drug-likeness (QED) is 0.305. The standard InChI is InChI=1S/C17H27FN4O2S.HI/c1-16(2,22-25(4,23)24)11-20-15(19-3)21-12-17(8-9-17)13-6-5-7-14(18)10-13;/h5-7,10,22H,8-9,11-12H2,1-4H3,(H2,19,20,21);1H. The first-order valence-electron chi connectivity index (χ1n) is 8.25. The molecule has 3 N–H and O–H groups in total. The Morgan fingerprint density at radius 3 is 2.46 bits per heavy atom. The fourth-order valence-electron chi connectivity index (χ4n) is 2.85. The van der Waals surface area contributed by atoms with Crippen LogP contribution in [0.2, 0.25) is 0 Å². The smallest absolute Gasteiger partial charge is 0.209 e. The topological polar surface area (TPSA) is 82.6 Å². The molecule has 0 atom stereocenters. The van der Waals surface area contributed by atoms with Crippen molar-refractivity contribution in [3.8, 4) is 0 Å². The monoisotopic (exact) mass is 498 g/mol. The van der Waals surface area contributed by atoms with Crippen LogP contribution < -0.4 is 15.4 Å². The van der Waals surface area contributed by atoms with E-state index in [9.17, 15) is 12.8 Å². The SMILES string of the molecule is CN=C(NCC(C)(C)NS(C)(=O)=O)NCC1(c2cccc(F)c2)CC1.I. The molecule has 148 valence electrons. The van der Waals surface area contributed by atoms with Crippen molar-refractivity contribution in [3.63, 3.8) is 0 Å². The van der Waals surface area contributed by atoms with E-state index in [1.165, 1.54) is 6.07 Å². The zero-order valence-corrected chi connectivity index (χ0v) is 18.7. The highest BCUT2D eigenvalue weighted by atomic mass is 127. The van der Waals surface area contributed by atoms with Crippen molar-refractivity contribution in [2.75, 3.05) is 26.4 Å². The highest BCUT2D eigenvalue weighted by Gasteiger charge is 2.44. The first kappa shape index (κ1) is 23.1. The lowest BCUT2D eigenvalue weighted by Gasteiger charge is -2.27. The van der Waals surface area contributed by atoms with E-state index in [4.69, 9.17) is 0 Å². The number of rotatable bonds is 7. The van der Waals surface area contributed by atoms with Crippen molar-refractivity contribution >= 4 is 40.0 Å². The van der Waals surface area contributed by atoms with Gasteiger partial charge in [-0.15, -0.1) is 24.0 Å². The lowest BCUT2D eigenvalue weighted by atomic mass is 9.96. The van der Waals surface area contributed by atoms with Crippen LogP contribution in [0, 0.1) is 5.82 Å². The summed E-state index contributed by atoms with van der Waals surface area (Å²) < 4.78 is 38.8. The molecule has 0 spiro atoms. The second-order valence-electron chi connectivity index (χ2n) is 7.33. The number of hydrogen-bond donors (Lipinski definition) is 3. The van der Waals surface area contributed by atoms with E-state index in [0.717, 1.165) is 24.7 Å². The third kappa shape index (κ3) is 6.99. The highest BCUT2D eigenvalue weighted by molar-refractivity contribution is 14.0. The molecule has 1 fully saturated rings. The van der Waals surface area contributed by atoms with Gasteiger partial charge in [0, 0.05) is 31.1 Å². The molecule has 0 unspecified atom stereocenters. The van der Waals surface area contributed by atoms with Gasteiger partial charge in [-0.2, -0.15) is 0 Å². The molecule has 9 heteroatoms. The van der Waals surface area contributed by atoms with Gasteiger partial charge >= 0.3 is 0 Å². The van der Waals surface area contributed by atoms with E-state index in [1.54, 1.807) is 33.0 Å². The molecular weight excluding hydrogens is 470 g/mol. The number of aliphatic imine (C=N–C) groups is 1. The lowest BCUT2D eigenvalue weighted by Crippen LogP contribution is -2.53. The van der Waals surface area contributed by atoms with Gasteiger partial charge in [0.15, 0.2) is 5.96 Å². The van der Waals surface area contributed by atoms with E-state index in [0.29, 0.717) is 19.0 Å². The summed E-state index contributed by atoms with van der Waals surface area (Å²) in [6.07, 6.45) is 3.14. The number of nitrogens with one attached hydrogen (secondary N) is 3. The minimum atomic E-state index is -3.29. The van der Waals surface area contributed by atoms with Crippen LogP contribution >= 0.6 is 24.0 Å². The third-order valence-corrected chi connectivity index (χ3v) is 5.19. The summed E-state index contributed by atoms with van der Waals surface area (Å²) in [5.74, 6) is 0.367. The Balaban J connectivity index is 0.00000338. The van der Waals surface area contributed by atoms with Gasteiger partial charge in [0.25, 0.3) is 0 Å². The predicted molar refractivity (Wildman–Crippen MR) is 114 cm³/mol. The molecule has 6 nitrogen and oxygen atoms in total. The second kappa shape index (κ2) is 8.83. The Morgan fingerprint density at radius 1 is 1.31 bits per heavy atom. The van der Waals surface area contributed by atoms with E-state index in [-0.39, 0.29) is 35.2 Å².